The molecule has 2 fully saturated rings. The van der Waals surface area contributed by atoms with E-state index in [0.717, 1.165) is 20.1 Å². The van der Waals surface area contributed by atoms with Crippen LogP contribution in [0.3, 0.4) is 0 Å². The summed E-state index contributed by atoms with van der Waals surface area (Å²) in [7, 11) is 1.00. The Kier molecular flexibility index (Phi) is 10.8. The molecule has 2 aromatic rings. The molecule has 4 N–H and O–H groups in total. The molecule has 1 saturated carbocycles. The number of alkyl halides is 6. The van der Waals surface area contributed by atoms with E-state index in [0.29, 0.717) is 30.0 Å². The van der Waals surface area contributed by atoms with Crippen molar-refractivity contribution in [2.45, 2.75) is 69.0 Å². The van der Waals surface area contributed by atoms with Gasteiger partial charge in [0.25, 0.3) is 0 Å². The zero-order chi connectivity index (χ0) is 28.7. The molecule has 0 amide bonds. The van der Waals surface area contributed by atoms with Crippen LogP contribution in [0.1, 0.15) is 60.8 Å². The van der Waals surface area contributed by atoms with Crippen LogP contribution in [0.25, 0.3) is 0 Å². The molecule has 1 aliphatic heterocycles. The first kappa shape index (κ1) is 31.6. The van der Waals surface area contributed by atoms with Gasteiger partial charge in [-0.1, -0.05) is 23.7 Å². The predicted molar refractivity (Wildman–Crippen MR) is 130 cm³/mol. The largest absolute Gasteiger partial charge is 0.416 e. The Balaban J connectivity index is 0.000000253. The molecule has 0 radical (unpaired) electrons. The average molecular weight is 552 g/mol. The van der Waals surface area contributed by atoms with Gasteiger partial charge >= 0.3 is 12.4 Å². The number of nitrogens with two attached hydrogens (primary N) is 1. The van der Waals surface area contributed by atoms with Crippen LogP contribution in [-0.4, -0.2) is 30.3 Å². The van der Waals surface area contributed by atoms with Gasteiger partial charge in [0.05, 0.1) is 11.1 Å². The molecule has 12 heteroatoms. The second-order valence-electron chi connectivity index (χ2n) is 9.80. The van der Waals surface area contributed by atoms with E-state index in [4.69, 9.17) is 10.8 Å². The molecule has 4 rings (SSSR count). The molecule has 38 heavy (non-hydrogen) atoms. The number of benzene rings is 2. The molecule has 1 heterocycles. The van der Waals surface area contributed by atoms with Crippen molar-refractivity contribution in [1.29, 1.82) is 0 Å². The molecule has 2 unspecified atom stereocenters. The van der Waals surface area contributed by atoms with Crippen molar-refractivity contribution in [3.05, 3.63) is 75.4 Å². The maximum absolute atomic E-state index is 13.0. The third-order valence-corrected chi connectivity index (χ3v) is 6.73. The summed E-state index contributed by atoms with van der Waals surface area (Å²) in [5, 5.41) is 12.9. The molecule has 2 aromatic carbocycles. The summed E-state index contributed by atoms with van der Waals surface area (Å²) in [6.07, 6.45) is -5.01. The summed E-state index contributed by atoms with van der Waals surface area (Å²) in [4.78, 5) is 9.88. The third kappa shape index (κ3) is 8.74. The topological polar surface area (TPSA) is 87.7 Å². The van der Waals surface area contributed by atoms with Gasteiger partial charge in [-0.15, -0.1) is 0 Å². The Hall–Kier alpha value is -2.57. The van der Waals surface area contributed by atoms with E-state index in [1.54, 1.807) is 12.1 Å². The third-order valence-electron chi connectivity index (χ3n) is 6.73. The number of nitroso groups, excluding NO2 is 1. The average Bonchev–Trinajstić information content (AvgIpc) is 3.46. The van der Waals surface area contributed by atoms with Crippen molar-refractivity contribution in [1.82, 2.24) is 5.32 Å². The monoisotopic (exact) mass is 551 g/mol. The summed E-state index contributed by atoms with van der Waals surface area (Å²) in [6.45, 7) is 2.29. The lowest BCUT2D eigenvalue weighted by Gasteiger charge is -2.27. The van der Waals surface area contributed by atoms with Crippen molar-refractivity contribution in [3.8, 4) is 0 Å². The van der Waals surface area contributed by atoms with E-state index in [1.807, 2.05) is 12.1 Å². The molecule has 1 saturated heterocycles. The second kappa shape index (κ2) is 13.0. The van der Waals surface area contributed by atoms with E-state index in [2.05, 4.69) is 17.4 Å². The minimum atomic E-state index is -4.90. The van der Waals surface area contributed by atoms with Gasteiger partial charge in [0.1, 0.15) is 12.4 Å². The fourth-order valence-corrected chi connectivity index (χ4v) is 5.09. The van der Waals surface area contributed by atoms with Crippen LogP contribution in [0.2, 0.25) is 0 Å². The van der Waals surface area contributed by atoms with E-state index >= 15 is 0 Å². The molecule has 1 aliphatic carbocycles. The van der Waals surface area contributed by atoms with E-state index < -0.39 is 35.6 Å². The Labute approximate surface area is 216 Å². The summed E-state index contributed by atoms with van der Waals surface area (Å²) in [5.41, 5.74) is 4.11. The number of nitrogens with one attached hydrogen (secondary N) is 1. The lowest BCUT2D eigenvalue weighted by Crippen LogP contribution is -2.37. The highest BCUT2D eigenvalue weighted by Crippen LogP contribution is 2.44. The summed E-state index contributed by atoms with van der Waals surface area (Å²) in [6, 6.07) is 8.53. The first-order valence-electron chi connectivity index (χ1n) is 12.0. The molecular formula is C26H32F7N3O2. The Morgan fingerprint density at radius 3 is 2.00 bits per heavy atom. The molecule has 0 bridgehead atoms. The van der Waals surface area contributed by atoms with Crippen molar-refractivity contribution >= 4 is 0 Å². The van der Waals surface area contributed by atoms with E-state index in [-0.39, 0.29) is 17.4 Å². The van der Waals surface area contributed by atoms with Crippen LogP contribution in [-0.2, 0) is 18.9 Å². The zero-order valence-electron chi connectivity index (χ0n) is 21.0. The van der Waals surface area contributed by atoms with Crippen molar-refractivity contribution in [2.75, 3.05) is 13.7 Å². The highest BCUT2D eigenvalue weighted by molar-refractivity contribution is 5.33. The lowest BCUT2D eigenvalue weighted by molar-refractivity contribution is -0.143. The van der Waals surface area contributed by atoms with Crippen LogP contribution in [0.5, 0.6) is 0 Å². The van der Waals surface area contributed by atoms with Crippen LogP contribution in [0, 0.1) is 16.6 Å². The highest BCUT2D eigenvalue weighted by Gasteiger charge is 2.41. The summed E-state index contributed by atoms with van der Waals surface area (Å²) in [5.74, 6) is 1.06. The Morgan fingerprint density at radius 1 is 1.00 bits per heavy atom. The minimum Gasteiger partial charge on any atom is -0.400 e. The highest BCUT2D eigenvalue weighted by atomic mass is 19.4. The number of nitrogens with zero attached hydrogens (tertiary/aromatic N) is 1. The first-order valence-corrected chi connectivity index (χ1v) is 12.0. The standard InChI is InChI=1S/C16H23FN2.C9H5F6NO.CH4O/c1-16(18)9-15(19-10-16)14-4-2-3-13(14)11-5-7-12(17)8-6-11;10-8(11,12)6-1-5(4-16-17)2-7(3-6)9(13,14)15;1-2/h5-8,13-15,19H,2-4,9-10,18H2,1H3;1-3H,4H2;2H,1H3/t13?,14?,15-,16-;;/m1../s1. The predicted octanol–water partition coefficient (Wildman–Crippen LogP) is 6.39. The molecule has 2 aliphatic rings. The summed E-state index contributed by atoms with van der Waals surface area (Å²) < 4.78 is 86.8. The van der Waals surface area contributed by atoms with Gasteiger partial charge in [0.15, 0.2) is 0 Å². The van der Waals surface area contributed by atoms with Gasteiger partial charge < -0.3 is 16.2 Å². The van der Waals surface area contributed by atoms with Crippen LogP contribution in [0.4, 0.5) is 30.7 Å². The van der Waals surface area contributed by atoms with Crippen LogP contribution >= 0.6 is 0 Å². The second-order valence-corrected chi connectivity index (χ2v) is 9.80. The van der Waals surface area contributed by atoms with Gasteiger partial charge in [-0.25, -0.2) is 4.39 Å². The molecule has 212 valence electrons. The van der Waals surface area contributed by atoms with Crippen molar-refractivity contribution < 1.29 is 35.8 Å². The number of halogens is 7. The quantitative estimate of drug-likeness (QED) is 0.304. The molecule has 5 nitrogen and oxygen atoms in total. The smallest absolute Gasteiger partial charge is 0.400 e. The van der Waals surface area contributed by atoms with Crippen LogP contribution < -0.4 is 11.1 Å². The molecule has 0 spiro atoms. The van der Waals surface area contributed by atoms with Crippen LogP contribution in [0.15, 0.2) is 47.6 Å². The number of hydrogen-bond acceptors (Lipinski definition) is 5. The molecule has 0 aromatic heterocycles. The molecule has 4 atom stereocenters. The molecular weight excluding hydrogens is 519 g/mol. The van der Waals surface area contributed by atoms with Crippen molar-refractivity contribution in [2.24, 2.45) is 16.8 Å². The normalized spacial score (nSPS) is 25.2. The SMILES string of the molecule is CO.C[C@]1(N)CN[C@@H](C2CCCC2c2ccc(F)cc2)C1.O=NCc1cc(C(F)(F)F)cc(C(F)(F)F)c1. The fraction of sp³-hybridized carbons (Fsp3) is 0.538. The fourth-order valence-electron chi connectivity index (χ4n) is 5.09. The maximum Gasteiger partial charge on any atom is 0.416 e. The number of rotatable bonds is 4. The summed E-state index contributed by atoms with van der Waals surface area (Å²) >= 11 is 0. The van der Waals surface area contributed by atoms with E-state index in [9.17, 15) is 35.6 Å². The maximum atomic E-state index is 13.0. The van der Waals surface area contributed by atoms with Gasteiger partial charge in [0, 0.05) is 25.2 Å². The van der Waals surface area contributed by atoms with Crippen molar-refractivity contribution in [3.63, 3.8) is 0 Å². The van der Waals surface area contributed by atoms with Gasteiger partial charge in [0.2, 0.25) is 0 Å². The first-order chi connectivity index (χ1) is 17.7. The van der Waals surface area contributed by atoms with Gasteiger partial charge in [-0.3, -0.25) is 0 Å². The minimum absolute atomic E-state index is 0.00565. The Bertz CT molecular complexity index is 1010. The number of aliphatic hydroxyl groups excluding tert-OH is 1. The lowest BCUT2D eigenvalue weighted by atomic mass is 9.82. The zero-order valence-corrected chi connectivity index (χ0v) is 21.0. The van der Waals surface area contributed by atoms with Gasteiger partial charge in [-0.2, -0.15) is 31.2 Å². The Morgan fingerprint density at radius 2 is 1.55 bits per heavy atom. The van der Waals surface area contributed by atoms with E-state index in [1.165, 1.54) is 24.8 Å². The van der Waals surface area contributed by atoms with Gasteiger partial charge in [-0.05, 0) is 79.5 Å². The number of aliphatic hydroxyl groups is 1. The number of hydrogen-bond donors (Lipinski definition) is 3.